The summed E-state index contributed by atoms with van der Waals surface area (Å²) in [7, 11) is 1.62. The Morgan fingerprint density at radius 3 is 2.53 bits per heavy atom. The minimum absolute atomic E-state index is 0.163. The van der Waals surface area contributed by atoms with Crippen LogP contribution in [-0.4, -0.2) is 46.1 Å². The fourth-order valence-electron chi connectivity index (χ4n) is 1.32. The SMILES string of the molecule is COCCOCCOC(=O)CCC(C)CCN. The molecule has 0 saturated carbocycles. The Morgan fingerprint density at radius 1 is 1.18 bits per heavy atom. The van der Waals surface area contributed by atoms with Crippen LogP contribution in [0.1, 0.15) is 26.2 Å². The van der Waals surface area contributed by atoms with E-state index in [-0.39, 0.29) is 5.97 Å². The number of carbonyl (C=O) groups excluding carboxylic acids is 1. The molecule has 0 rings (SSSR count). The number of nitrogens with two attached hydrogens (primary N) is 1. The van der Waals surface area contributed by atoms with E-state index in [9.17, 15) is 4.79 Å². The number of ether oxygens (including phenoxy) is 3. The Kier molecular flexibility index (Phi) is 11.4. The van der Waals surface area contributed by atoms with Crippen molar-refractivity contribution in [2.24, 2.45) is 11.7 Å². The highest BCUT2D eigenvalue weighted by Gasteiger charge is 2.07. The summed E-state index contributed by atoms with van der Waals surface area (Å²) in [5.41, 5.74) is 5.43. The summed E-state index contributed by atoms with van der Waals surface area (Å²) in [6.45, 7) is 4.59. The maximum absolute atomic E-state index is 11.3. The minimum Gasteiger partial charge on any atom is -0.463 e. The molecule has 0 heterocycles. The van der Waals surface area contributed by atoms with Crippen LogP contribution in [0.25, 0.3) is 0 Å². The van der Waals surface area contributed by atoms with Crippen molar-refractivity contribution in [3.63, 3.8) is 0 Å². The van der Waals surface area contributed by atoms with Crippen molar-refractivity contribution in [2.75, 3.05) is 40.1 Å². The van der Waals surface area contributed by atoms with Crippen LogP contribution in [0.4, 0.5) is 0 Å². The van der Waals surface area contributed by atoms with Crippen molar-refractivity contribution in [1.29, 1.82) is 0 Å². The van der Waals surface area contributed by atoms with Crippen LogP contribution in [0.3, 0.4) is 0 Å². The molecule has 102 valence electrons. The first kappa shape index (κ1) is 16.4. The zero-order valence-corrected chi connectivity index (χ0v) is 10.9. The number of rotatable bonds is 11. The van der Waals surface area contributed by atoms with E-state index in [4.69, 9.17) is 19.9 Å². The molecule has 1 atom stereocenters. The van der Waals surface area contributed by atoms with Gasteiger partial charge in [0.1, 0.15) is 6.61 Å². The molecule has 0 radical (unpaired) electrons. The van der Waals surface area contributed by atoms with Gasteiger partial charge < -0.3 is 19.9 Å². The highest BCUT2D eigenvalue weighted by Crippen LogP contribution is 2.09. The summed E-state index contributed by atoms with van der Waals surface area (Å²) in [5.74, 6) is 0.315. The fraction of sp³-hybridized carbons (Fsp3) is 0.917. The second-order valence-electron chi connectivity index (χ2n) is 4.05. The molecular weight excluding hydrogens is 222 g/mol. The van der Waals surface area contributed by atoms with E-state index in [2.05, 4.69) is 6.92 Å². The van der Waals surface area contributed by atoms with E-state index >= 15 is 0 Å². The number of carbonyl (C=O) groups is 1. The summed E-state index contributed by atoms with van der Waals surface area (Å²) in [4.78, 5) is 11.3. The first-order valence-corrected chi connectivity index (χ1v) is 6.13. The van der Waals surface area contributed by atoms with E-state index in [0.29, 0.717) is 45.3 Å². The van der Waals surface area contributed by atoms with Gasteiger partial charge in [-0.15, -0.1) is 0 Å². The average molecular weight is 247 g/mol. The van der Waals surface area contributed by atoms with Gasteiger partial charge in [-0.3, -0.25) is 4.79 Å². The zero-order valence-electron chi connectivity index (χ0n) is 10.9. The van der Waals surface area contributed by atoms with Gasteiger partial charge in [0.2, 0.25) is 0 Å². The fourth-order valence-corrected chi connectivity index (χ4v) is 1.32. The number of hydrogen-bond acceptors (Lipinski definition) is 5. The average Bonchev–Trinajstić information content (AvgIpc) is 2.31. The zero-order chi connectivity index (χ0) is 12.9. The topological polar surface area (TPSA) is 70.8 Å². The van der Waals surface area contributed by atoms with Crippen molar-refractivity contribution in [1.82, 2.24) is 0 Å². The first-order chi connectivity index (χ1) is 8.20. The predicted molar refractivity (Wildman–Crippen MR) is 65.7 cm³/mol. The monoisotopic (exact) mass is 247 g/mol. The Labute approximate surface area is 104 Å². The van der Waals surface area contributed by atoms with Gasteiger partial charge in [-0.05, 0) is 25.3 Å². The Bertz CT molecular complexity index is 187. The van der Waals surface area contributed by atoms with E-state index < -0.39 is 0 Å². The van der Waals surface area contributed by atoms with Crippen LogP contribution in [0.5, 0.6) is 0 Å². The lowest BCUT2D eigenvalue weighted by Gasteiger charge is -2.09. The highest BCUT2D eigenvalue weighted by molar-refractivity contribution is 5.69. The predicted octanol–water partition coefficient (Wildman–Crippen LogP) is 0.958. The highest BCUT2D eigenvalue weighted by atomic mass is 16.6. The molecule has 0 aliphatic carbocycles. The summed E-state index contributed by atoms with van der Waals surface area (Å²) in [6.07, 6.45) is 2.24. The number of esters is 1. The smallest absolute Gasteiger partial charge is 0.305 e. The van der Waals surface area contributed by atoms with Crippen molar-refractivity contribution in [3.05, 3.63) is 0 Å². The first-order valence-electron chi connectivity index (χ1n) is 6.13. The molecule has 5 nitrogen and oxygen atoms in total. The molecule has 0 spiro atoms. The second kappa shape index (κ2) is 11.8. The second-order valence-corrected chi connectivity index (χ2v) is 4.05. The molecule has 0 bridgehead atoms. The molecule has 0 amide bonds. The van der Waals surface area contributed by atoms with Crippen molar-refractivity contribution in [3.8, 4) is 0 Å². The van der Waals surface area contributed by atoms with E-state index in [1.54, 1.807) is 7.11 Å². The maximum atomic E-state index is 11.3. The van der Waals surface area contributed by atoms with E-state index in [0.717, 1.165) is 12.8 Å². The molecule has 0 saturated heterocycles. The third-order valence-electron chi connectivity index (χ3n) is 2.42. The van der Waals surface area contributed by atoms with Gasteiger partial charge in [-0.1, -0.05) is 6.92 Å². The molecule has 17 heavy (non-hydrogen) atoms. The third-order valence-corrected chi connectivity index (χ3v) is 2.42. The molecule has 5 heteroatoms. The molecule has 0 aliphatic heterocycles. The van der Waals surface area contributed by atoms with Gasteiger partial charge in [0, 0.05) is 13.5 Å². The molecule has 0 aliphatic rings. The Morgan fingerprint density at radius 2 is 1.88 bits per heavy atom. The molecule has 0 aromatic rings. The number of hydrogen-bond donors (Lipinski definition) is 1. The van der Waals surface area contributed by atoms with Gasteiger partial charge in [-0.25, -0.2) is 0 Å². The van der Waals surface area contributed by atoms with E-state index in [1.807, 2.05) is 0 Å². The van der Waals surface area contributed by atoms with Crippen molar-refractivity contribution >= 4 is 5.97 Å². The van der Waals surface area contributed by atoms with Crippen LogP contribution in [0.2, 0.25) is 0 Å². The van der Waals surface area contributed by atoms with Gasteiger partial charge in [-0.2, -0.15) is 0 Å². The summed E-state index contributed by atoms with van der Waals surface area (Å²) in [5, 5.41) is 0. The molecule has 2 N–H and O–H groups in total. The Balaban J connectivity index is 3.28. The van der Waals surface area contributed by atoms with Crippen LogP contribution >= 0.6 is 0 Å². The molecule has 0 aromatic heterocycles. The summed E-state index contributed by atoms with van der Waals surface area (Å²) >= 11 is 0. The van der Waals surface area contributed by atoms with Gasteiger partial charge in [0.15, 0.2) is 0 Å². The standard InChI is InChI=1S/C12H25NO4/c1-11(5-6-13)3-4-12(14)17-10-9-16-8-7-15-2/h11H,3-10,13H2,1-2H3. The number of methoxy groups -OCH3 is 1. The lowest BCUT2D eigenvalue weighted by molar-refractivity contribution is -0.145. The largest absolute Gasteiger partial charge is 0.463 e. The quantitative estimate of drug-likeness (QED) is 0.435. The van der Waals surface area contributed by atoms with Gasteiger partial charge in [0.05, 0.1) is 19.8 Å². The van der Waals surface area contributed by atoms with Crippen LogP contribution < -0.4 is 5.73 Å². The van der Waals surface area contributed by atoms with Crippen molar-refractivity contribution in [2.45, 2.75) is 26.2 Å². The Hall–Kier alpha value is -0.650. The molecule has 0 fully saturated rings. The lowest BCUT2D eigenvalue weighted by Crippen LogP contribution is -2.13. The molecule has 1 unspecified atom stereocenters. The lowest BCUT2D eigenvalue weighted by atomic mass is 10.0. The maximum Gasteiger partial charge on any atom is 0.305 e. The third kappa shape index (κ3) is 11.6. The summed E-state index contributed by atoms with van der Waals surface area (Å²) < 4.78 is 15.0. The van der Waals surface area contributed by atoms with E-state index in [1.165, 1.54) is 0 Å². The molecule has 0 aromatic carbocycles. The van der Waals surface area contributed by atoms with Crippen LogP contribution in [0, 0.1) is 5.92 Å². The summed E-state index contributed by atoms with van der Waals surface area (Å²) in [6, 6.07) is 0. The van der Waals surface area contributed by atoms with Gasteiger partial charge in [0.25, 0.3) is 0 Å². The van der Waals surface area contributed by atoms with Crippen LogP contribution in [0.15, 0.2) is 0 Å². The minimum atomic E-state index is -0.163. The van der Waals surface area contributed by atoms with Crippen molar-refractivity contribution < 1.29 is 19.0 Å². The van der Waals surface area contributed by atoms with Crippen LogP contribution in [-0.2, 0) is 19.0 Å². The van der Waals surface area contributed by atoms with Gasteiger partial charge >= 0.3 is 5.97 Å². The normalized spacial score (nSPS) is 12.4. The molecular formula is C12H25NO4.